The van der Waals surface area contributed by atoms with Crippen LogP contribution in [0.1, 0.15) is 12.0 Å². The van der Waals surface area contributed by atoms with Gasteiger partial charge in [-0.2, -0.15) is 0 Å². The van der Waals surface area contributed by atoms with Gasteiger partial charge in [0, 0.05) is 30.8 Å². The number of hydrogen-bond acceptors (Lipinski definition) is 4. The Morgan fingerprint density at radius 1 is 1.38 bits per heavy atom. The van der Waals surface area contributed by atoms with Crippen LogP contribution in [-0.2, 0) is 21.2 Å². The highest BCUT2D eigenvalue weighted by Crippen LogP contribution is 2.20. The highest BCUT2D eigenvalue weighted by atomic mass is 32.2. The molecular weight excluding hydrogens is 304 g/mol. The molecule has 0 amide bonds. The maximum Gasteiger partial charge on any atom is 0.304 e. The number of halogens is 2. The lowest BCUT2D eigenvalue weighted by molar-refractivity contribution is -0.138. The Balaban J connectivity index is 2.18. The van der Waals surface area contributed by atoms with Crippen molar-refractivity contribution in [2.75, 3.05) is 18.1 Å². The summed E-state index contributed by atoms with van der Waals surface area (Å²) in [7, 11) is -3.28. The zero-order valence-electron chi connectivity index (χ0n) is 11.1. The summed E-state index contributed by atoms with van der Waals surface area (Å²) in [5.74, 6) is -2.88. The summed E-state index contributed by atoms with van der Waals surface area (Å²) in [4.78, 5) is 12.5. The van der Waals surface area contributed by atoms with E-state index in [1.165, 1.54) is 6.07 Å². The molecule has 1 unspecified atom stereocenters. The van der Waals surface area contributed by atoms with Crippen LogP contribution in [0.3, 0.4) is 0 Å². The number of rotatable bonds is 4. The van der Waals surface area contributed by atoms with Gasteiger partial charge in [-0.1, -0.05) is 6.07 Å². The van der Waals surface area contributed by atoms with Crippen molar-refractivity contribution in [1.29, 1.82) is 0 Å². The molecule has 0 aliphatic carbocycles. The third-order valence-electron chi connectivity index (χ3n) is 3.45. The molecule has 0 spiro atoms. The van der Waals surface area contributed by atoms with Crippen LogP contribution in [-0.4, -0.2) is 48.5 Å². The van der Waals surface area contributed by atoms with E-state index in [2.05, 4.69) is 0 Å². The minimum atomic E-state index is -3.28. The second-order valence-electron chi connectivity index (χ2n) is 5.07. The van der Waals surface area contributed by atoms with Crippen LogP contribution in [0.15, 0.2) is 18.2 Å². The topological polar surface area (TPSA) is 74.7 Å². The summed E-state index contributed by atoms with van der Waals surface area (Å²) in [6.07, 6.45) is -0.331. The maximum absolute atomic E-state index is 13.6. The van der Waals surface area contributed by atoms with Crippen LogP contribution < -0.4 is 0 Å². The molecule has 1 aliphatic heterocycles. The largest absolute Gasteiger partial charge is 0.481 e. The standard InChI is InChI=1S/C13H15F2NO4S/c14-10-2-1-9(12(15)5-10)7-16-3-4-21(19,20)8-11(16)6-13(17)18/h1-2,5,11H,3-4,6-8H2,(H,17,18). The minimum absolute atomic E-state index is 0.0551. The van der Waals surface area contributed by atoms with Crippen LogP contribution in [0.5, 0.6) is 0 Å². The number of carboxylic acids is 1. The van der Waals surface area contributed by atoms with Crippen LogP contribution in [0.25, 0.3) is 0 Å². The van der Waals surface area contributed by atoms with Gasteiger partial charge >= 0.3 is 5.97 Å². The average molecular weight is 319 g/mol. The van der Waals surface area contributed by atoms with E-state index in [-0.39, 0.29) is 36.6 Å². The molecule has 0 bridgehead atoms. The molecule has 1 fully saturated rings. The molecule has 0 aromatic heterocycles. The first-order chi connectivity index (χ1) is 9.77. The fourth-order valence-electron chi connectivity index (χ4n) is 2.39. The summed E-state index contributed by atoms with van der Waals surface area (Å²) in [6, 6.07) is 2.45. The van der Waals surface area contributed by atoms with E-state index in [1.54, 1.807) is 4.90 Å². The normalized spacial score (nSPS) is 22.1. The van der Waals surface area contributed by atoms with Gasteiger partial charge in [0.05, 0.1) is 17.9 Å². The van der Waals surface area contributed by atoms with Crippen molar-refractivity contribution in [2.24, 2.45) is 0 Å². The van der Waals surface area contributed by atoms with E-state index in [0.717, 1.165) is 12.1 Å². The molecule has 21 heavy (non-hydrogen) atoms. The third kappa shape index (κ3) is 4.21. The first-order valence-corrected chi connectivity index (χ1v) is 8.19. The quantitative estimate of drug-likeness (QED) is 0.897. The van der Waals surface area contributed by atoms with Gasteiger partial charge in [-0.25, -0.2) is 17.2 Å². The van der Waals surface area contributed by atoms with Crippen molar-refractivity contribution in [2.45, 2.75) is 19.0 Å². The van der Waals surface area contributed by atoms with Crippen molar-refractivity contribution in [1.82, 2.24) is 4.90 Å². The van der Waals surface area contributed by atoms with E-state index in [9.17, 15) is 22.0 Å². The molecule has 2 rings (SSSR count). The molecule has 1 atom stereocenters. The second-order valence-corrected chi connectivity index (χ2v) is 7.30. The van der Waals surface area contributed by atoms with Crippen LogP contribution >= 0.6 is 0 Å². The fourth-order valence-corrected chi connectivity index (χ4v) is 3.98. The SMILES string of the molecule is O=C(O)CC1CS(=O)(=O)CCN1Cc1ccc(F)cc1F. The van der Waals surface area contributed by atoms with Crippen molar-refractivity contribution in [3.63, 3.8) is 0 Å². The molecule has 1 N–H and O–H groups in total. The monoisotopic (exact) mass is 319 g/mol. The maximum atomic E-state index is 13.6. The zero-order chi connectivity index (χ0) is 15.6. The van der Waals surface area contributed by atoms with Crippen molar-refractivity contribution in [3.05, 3.63) is 35.4 Å². The van der Waals surface area contributed by atoms with Crippen LogP contribution in [0.4, 0.5) is 8.78 Å². The highest BCUT2D eigenvalue weighted by Gasteiger charge is 2.32. The lowest BCUT2D eigenvalue weighted by Gasteiger charge is -2.34. The molecule has 5 nitrogen and oxygen atoms in total. The van der Waals surface area contributed by atoms with Crippen LogP contribution in [0, 0.1) is 11.6 Å². The van der Waals surface area contributed by atoms with Gasteiger partial charge in [-0.15, -0.1) is 0 Å². The van der Waals surface area contributed by atoms with E-state index in [1.807, 2.05) is 0 Å². The summed E-state index contributed by atoms with van der Waals surface area (Å²) in [5.41, 5.74) is 0.214. The number of hydrogen-bond donors (Lipinski definition) is 1. The Bertz CT molecular complexity index is 648. The van der Waals surface area contributed by atoms with Crippen molar-refractivity contribution < 1.29 is 27.1 Å². The smallest absolute Gasteiger partial charge is 0.304 e. The molecule has 1 aromatic carbocycles. The molecular formula is C13H15F2NO4S. The molecule has 8 heteroatoms. The van der Waals surface area contributed by atoms with Gasteiger partial charge in [-0.3, -0.25) is 9.69 Å². The van der Waals surface area contributed by atoms with Gasteiger partial charge < -0.3 is 5.11 Å². The summed E-state index contributed by atoms with van der Waals surface area (Å²) >= 11 is 0. The predicted octanol–water partition coefficient (Wildman–Crippen LogP) is 1.04. The Kier molecular flexibility index (Phi) is 4.58. The summed E-state index contributed by atoms with van der Waals surface area (Å²) in [6.45, 7) is 0.191. The van der Waals surface area contributed by atoms with Gasteiger partial charge in [0.25, 0.3) is 0 Å². The Hall–Kier alpha value is -1.54. The molecule has 116 valence electrons. The Morgan fingerprint density at radius 3 is 2.71 bits per heavy atom. The van der Waals surface area contributed by atoms with Crippen LogP contribution in [0.2, 0.25) is 0 Å². The number of carboxylic acid groups (broad SMARTS) is 1. The lowest BCUT2D eigenvalue weighted by Crippen LogP contribution is -2.48. The van der Waals surface area contributed by atoms with Gasteiger partial charge in [0.15, 0.2) is 9.84 Å². The van der Waals surface area contributed by atoms with Crippen molar-refractivity contribution in [3.8, 4) is 0 Å². The molecule has 0 radical (unpaired) electrons. The Labute approximate surface area is 121 Å². The second kappa shape index (κ2) is 6.07. The highest BCUT2D eigenvalue weighted by molar-refractivity contribution is 7.91. The Morgan fingerprint density at radius 2 is 2.10 bits per heavy atom. The van der Waals surface area contributed by atoms with E-state index < -0.39 is 33.5 Å². The average Bonchev–Trinajstić information content (AvgIpc) is 2.34. The van der Waals surface area contributed by atoms with E-state index >= 15 is 0 Å². The van der Waals surface area contributed by atoms with E-state index in [0.29, 0.717) is 0 Å². The first-order valence-electron chi connectivity index (χ1n) is 6.37. The lowest BCUT2D eigenvalue weighted by atomic mass is 10.1. The first kappa shape index (κ1) is 15.8. The summed E-state index contributed by atoms with van der Waals surface area (Å²) in [5, 5.41) is 8.87. The molecule has 1 saturated heterocycles. The number of aliphatic carboxylic acids is 1. The van der Waals surface area contributed by atoms with Crippen molar-refractivity contribution >= 4 is 15.8 Å². The van der Waals surface area contributed by atoms with Gasteiger partial charge in [0.2, 0.25) is 0 Å². The van der Waals surface area contributed by atoms with Gasteiger partial charge in [0.1, 0.15) is 11.6 Å². The minimum Gasteiger partial charge on any atom is -0.481 e. The molecule has 0 saturated carbocycles. The van der Waals surface area contributed by atoms with Gasteiger partial charge in [-0.05, 0) is 6.07 Å². The number of carbonyl (C=O) groups is 1. The number of sulfone groups is 1. The fraction of sp³-hybridized carbons (Fsp3) is 0.462. The molecule has 1 heterocycles. The van der Waals surface area contributed by atoms with E-state index in [4.69, 9.17) is 5.11 Å². The summed E-state index contributed by atoms with van der Waals surface area (Å²) < 4.78 is 49.7. The third-order valence-corrected chi connectivity index (χ3v) is 5.15. The predicted molar refractivity (Wildman–Crippen MR) is 71.5 cm³/mol. The molecule has 1 aliphatic rings. The molecule has 1 aromatic rings. The zero-order valence-corrected chi connectivity index (χ0v) is 11.9. The number of benzene rings is 1. The number of nitrogens with zero attached hydrogens (tertiary/aromatic N) is 1.